The molecule has 6 nitrogen and oxygen atoms in total. The van der Waals surface area contributed by atoms with Crippen molar-refractivity contribution >= 4 is 34.5 Å². The summed E-state index contributed by atoms with van der Waals surface area (Å²) in [5.41, 5.74) is -0.462. The second-order valence-corrected chi connectivity index (χ2v) is 7.33. The molecule has 1 aromatic rings. The summed E-state index contributed by atoms with van der Waals surface area (Å²) in [6.07, 6.45) is 3.11. The number of nitrogens with zero attached hydrogens (tertiary/aromatic N) is 4. The average Bonchev–Trinajstić information content (AvgIpc) is 2.37. The third-order valence-corrected chi connectivity index (χ3v) is 3.96. The van der Waals surface area contributed by atoms with Crippen molar-refractivity contribution in [1.29, 1.82) is 0 Å². The lowest BCUT2D eigenvalue weighted by atomic mass is 10.2. The van der Waals surface area contributed by atoms with Crippen molar-refractivity contribution < 1.29 is 9.53 Å². The Balaban J connectivity index is 2.03. The Hall–Kier alpha value is -1.12. The van der Waals surface area contributed by atoms with Gasteiger partial charge >= 0.3 is 6.09 Å². The number of rotatable bonds is 1. The number of carbonyl (C=O) groups is 1. The number of halogens is 1. The lowest BCUT2D eigenvalue weighted by molar-refractivity contribution is 0.0158. The zero-order chi connectivity index (χ0) is 15.6. The zero-order valence-corrected chi connectivity index (χ0v) is 15.0. The Morgan fingerprint density at radius 3 is 2.71 bits per heavy atom. The fourth-order valence-corrected chi connectivity index (χ4v) is 2.92. The van der Waals surface area contributed by atoms with E-state index >= 15 is 0 Å². The van der Waals surface area contributed by atoms with Crippen LogP contribution in [0.25, 0.3) is 0 Å². The van der Waals surface area contributed by atoms with Gasteiger partial charge in [0, 0.05) is 31.9 Å². The van der Waals surface area contributed by atoms with Crippen molar-refractivity contribution in [2.75, 3.05) is 24.5 Å². The first-order chi connectivity index (χ1) is 9.78. The molecule has 0 unspecified atom stereocenters. The lowest BCUT2D eigenvalue weighted by Gasteiger charge is -2.40. The minimum atomic E-state index is -0.462. The first-order valence-electron chi connectivity index (χ1n) is 6.98. The molecule has 1 saturated heterocycles. The van der Waals surface area contributed by atoms with Crippen LogP contribution in [-0.4, -0.2) is 52.2 Å². The molecule has 21 heavy (non-hydrogen) atoms. The van der Waals surface area contributed by atoms with E-state index in [9.17, 15) is 4.79 Å². The van der Waals surface area contributed by atoms with Gasteiger partial charge in [-0.05, 0) is 50.3 Å². The molecule has 0 bridgehead atoms. The molecule has 0 radical (unpaired) electrons. The molecule has 2 rings (SSSR count). The van der Waals surface area contributed by atoms with E-state index in [1.807, 2.05) is 27.7 Å². The minimum absolute atomic E-state index is 0.0827. The van der Waals surface area contributed by atoms with E-state index < -0.39 is 5.60 Å². The predicted octanol–water partition coefficient (Wildman–Crippen LogP) is 2.53. The minimum Gasteiger partial charge on any atom is -0.444 e. The van der Waals surface area contributed by atoms with E-state index in [1.54, 1.807) is 17.4 Å². The van der Waals surface area contributed by atoms with E-state index in [2.05, 4.69) is 37.5 Å². The molecular weight excluding hydrogens is 383 g/mol. The predicted molar refractivity (Wildman–Crippen MR) is 89.4 cm³/mol. The summed E-state index contributed by atoms with van der Waals surface area (Å²) in [4.78, 5) is 24.5. The monoisotopic (exact) mass is 404 g/mol. The summed E-state index contributed by atoms with van der Waals surface area (Å²) < 4.78 is 6.47. The van der Waals surface area contributed by atoms with Gasteiger partial charge in [-0.15, -0.1) is 0 Å². The molecule has 2 heterocycles. The van der Waals surface area contributed by atoms with Crippen LogP contribution >= 0.6 is 22.6 Å². The van der Waals surface area contributed by atoms with Crippen molar-refractivity contribution in [2.45, 2.75) is 39.3 Å². The van der Waals surface area contributed by atoms with Gasteiger partial charge in [-0.3, -0.25) is 0 Å². The van der Waals surface area contributed by atoms with Gasteiger partial charge in [0.2, 0.25) is 0 Å². The molecule has 1 fully saturated rings. The molecule has 0 aliphatic carbocycles. The van der Waals surface area contributed by atoms with Crippen molar-refractivity contribution in [1.82, 2.24) is 14.9 Å². The van der Waals surface area contributed by atoms with Crippen LogP contribution in [0.3, 0.4) is 0 Å². The quantitative estimate of drug-likeness (QED) is 0.674. The largest absolute Gasteiger partial charge is 0.444 e. The van der Waals surface area contributed by atoms with Crippen LogP contribution in [0, 0.1) is 3.57 Å². The normalized spacial score (nSPS) is 19.6. The van der Waals surface area contributed by atoms with Crippen LogP contribution in [0.2, 0.25) is 0 Å². The third-order valence-electron chi connectivity index (χ3n) is 3.20. The highest BCUT2D eigenvalue weighted by molar-refractivity contribution is 14.1. The molecule has 1 aromatic heterocycles. The van der Waals surface area contributed by atoms with Crippen LogP contribution in [0.4, 0.5) is 10.6 Å². The van der Waals surface area contributed by atoms with Gasteiger partial charge in [0.25, 0.3) is 0 Å². The van der Waals surface area contributed by atoms with E-state index in [-0.39, 0.29) is 12.1 Å². The Morgan fingerprint density at radius 2 is 2.14 bits per heavy atom. The van der Waals surface area contributed by atoms with E-state index in [1.165, 1.54) is 0 Å². The molecule has 0 aromatic carbocycles. The van der Waals surface area contributed by atoms with Crippen molar-refractivity contribution in [3.63, 3.8) is 0 Å². The molecule has 116 valence electrons. The van der Waals surface area contributed by atoms with Gasteiger partial charge in [0.1, 0.15) is 17.7 Å². The molecule has 1 atom stereocenters. The topological polar surface area (TPSA) is 58.6 Å². The fraction of sp³-hybridized carbons (Fsp3) is 0.643. The van der Waals surface area contributed by atoms with E-state index in [4.69, 9.17) is 4.74 Å². The molecule has 0 spiro atoms. The number of amides is 1. The van der Waals surface area contributed by atoms with Crippen molar-refractivity contribution in [3.05, 3.63) is 16.1 Å². The SMILES string of the molecule is C[C@H]1CN(c2ncncc2I)CCN1C(=O)OC(C)(C)C. The number of ether oxygens (including phenoxy) is 1. The van der Waals surface area contributed by atoms with Crippen LogP contribution in [0.5, 0.6) is 0 Å². The maximum atomic E-state index is 12.2. The molecule has 0 N–H and O–H groups in total. The van der Waals surface area contributed by atoms with Crippen molar-refractivity contribution in [2.24, 2.45) is 0 Å². The van der Waals surface area contributed by atoms with Gasteiger partial charge in [0.05, 0.1) is 3.57 Å². The summed E-state index contributed by atoms with van der Waals surface area (Å²) in [5.74, 6) is 0.932. The van der Waals surface area contributed by atoms with E-state index in [0.717, 1.165) is 22.5 Å². The Morgan fingerprint density at radius 1 is 1.43 bits per heavy atom. The Labute approximate surface area is 139 Å². The average molecular weight is 404 g/mol. The maximum Gasteiger partial charge on any atom is 0.410 e. The second kappa shape index (κ2) is 6.33. The van der Waals surface area contributed by atoms with Crippen LogP contribution in [-0.2, 0) is 4.74 Å². The summed E-state index contributed by atoms with van der Waals surface area (Å²) in [6.45, 7) is 9.81. The second-order valence-electron chi connectivity index (χ2n) is 6.16. The Kier molecular flexibility index (Phi) is 4.90. The highest BCUT2D eigenvalue weighted by Crippen LogP contribution is 2.22. The van der Waals surface area contributed by atoms with Crippen LogP contribution in [0.1, 0.15) is 27.7 Å². The molecule has 1 aliphatic rings. The molecule has 1 aliphatic heterocycles. The first-order valence-corrected chi connectivity index (χ1v) is 8.06. The Bertz CT molecular complexity index is 518. The zero-order valence-electron chi connectivity index (χ0n) is 12.8. The van der Waals surface area contributed by atoms with Gasteiger partial charge in [-0.2, -0.15) is 0 Å². The number of hydrogen-bond donors (Lipinski definition) is 0. The highest BCUT2D eigenvalue weighted by atomic mass is 127. The van der Waals surface area contributed by atoms with Crippen LogP contribution in [0.15, 0.2) is 12.5 Å². The third kappa shape index (κ3) is 4.18. The number of hydrogen-bond acceptors (Lipinski definition) is 5. The van der Waals surface area contributed by atoms with Crippen LogP contribution < -0.4 is 4.90 Å². The summed E-state index contributed by atoms with van der Waals surface area (Å²) in [6, 6.07) is 0.0827. The van der Waals surface area contributed by atoms with Gasteiger partial charge in [0.15, 0.2) is 0 Å². The number of piperazine rings is 1. The first kappa shape index (κ1) is 16.3. The van der Waals surface area contributed by atoms with Gasteiger partial charge < -0.3 is 14.5 Å². The summed E-state index contributed by atoms with van der Waals surface area (Å²) in [7, 11) is 0. The highest BCUT2D eigenvalue weighted by Gasteiger charge is 2.31. The maximum absolute atomic E-state index is 12.2. The molecule has 1 amide bonds. The fourth-order valence-electron chi connectivity index (χ4n) is 2.28. The summed E-state index contributed by atoms with van der Waals surface area (Å²) >= 11 is 2.23. The number of carbonyl (C=O) groups excluding carboxylic acids is 1. The van der Waals surface area contributed by atoms with Crippen molar-refractivity contribution in [3.8, 4) is 0 Å². The van der Waals surface area contributed by atoms with Gasteiger partial charge in [-0.25, -0.2) is 14.8 Å². The number of anilines is 1. The lowest BCUT2D eigenvalue weighted by Crippen LogP contribution is -2.55. The standard InChI is InChI=1S/C14H21IN4O2/c1-10-8-18(12-11(15)7-16-9-17-12)5-6-19(10)13(20)21-14(2,3)4/h7,9-10H,5-6,8H2,1-4H3/t10-/m0/s1. The van der Waals surface area contributed by atoms with Gasteiger partial charge in [-0.1, -0.05) is 0 Å². The van der Waals surface area contributed by atoms with E-state index in [0.29, 0.717) is 6.54 Å². The number of aromatic nitrogens is 2. The summed E-state index contributed by atoms with van der Waals surface area (Å²) in [5, 5.41) is 0. The molecular formula is C14H21IN4O2. The smallest absolute Gasteiger partial charge is 0.410 e. The molecule has 0 saturated carbocycles. The molecule has 7 heteroatoms.